The van der Waals surface area contributed by atoms with Crippen molar-refractivity contribution in [1.29, 1.82) is 5.26 Å². The van der Waals surface area contributed by atoms with E-state index in [0.29, 0.717) is 15.6 Å². The number of hydrogen-bond donors (Lipinski definition) is 0. The van der Waals surface area contributed by atoms with Crippen molar-refractivity contribution in [3.8, 4) is 6.07 Å². The van der Waals surface area contributed by atoms with Gasteiger partial charge in [-0.05, 0) is 36.4 Å². The Morgan fingerprint density at radius 1 is 1.12 bits per heavy atom. The third-order valence-electron chi connectivity index (χ3n) is 3.77. The molecule has 0 saturated carbocycles. The molecule has 3 rings (SSSR count). The molecule has 0 unspecified atom stereocenters. The molecule has 0 saturated heterocycles. The van der Waals surface area contributed by atoms with E-state index in [4.69, 9.17) is 11.6 Å². The summed E-state index contributed by atoms with van der Waals surface area (Å²) in [4.78, 5) is 28.9. The molecule has 4 nitrogen and oxygen atoms in total. The Balaban J connectivity index is 1.69. The van der Waals surface area contributed by atoms with E-state index in [2.05, 4.69) is 4.98 Å². The first-order valence-corrected chi connectivity index (χ1v) is 8.84. The molecule has 0 bridgehead atoms. The van der Waals surface area contributed by atoms with Crippen molar-refractivity contribution in [2.45, 2.75) is 18.8 Å². The SMILES string of the molecule is N#C[C@H](C(=O)CCC(=O)c1ccc(Cl)cc1)c1nc2ccccc2s1. The van der Waals surface area contributed by atoms with Crippen molar-refractivity contribution in [2.75, 3.05) is 0 Å². The second-order valence-corrected chi connectivity index (χ2v) is 6.98. The van der Waals surface area contributed by atoms with E-state index in [0.717, 1.165) is 10.2 Å². The first-order chi connectivity index (χ1) is 12.1. The van der Waals surface area contributed by atoms with Crippen LogP contribution >= 0.6 is 22.9 Å². The van der Waals surface area contributed by atoms with Crippen molar-refractivity contribution in [3.05, 3.63) is 64.1 Å². The third-order valence-corrected chi connectivity index (χ3v) is 5.13. The Labute approximate surface area is 153 Å². The summed E-state index contributed by atoms with van der Waals surface area (Å²) in [6, 6.07) is 16.0. The highest BCUT2D eigenvalue weighted by molar-refractivity contribution is 7.18. The van der Waals surface area contributed by atoms with Gasteiger partial charge in [0.2, 0.25) is 0 Å². The highest BCUT2D eigenvalue weighted by atomic mass is 35.5. The lowest BCUT2D eigenvalue weighted by atomic mass is 9.99. The van der Waals surface area contributed by atoms with Gasteiger partial charge in [-0.1, -0.05) is 23.7 Å². The molecule has 6 heteroatoms. The number of benzene rings is 2. The average Bonchev–Trinajstić information content (AvgIpc) is 3.04. The van der Waals surface area contributed by atoms with Crippen LogP contribution in [-0.2, 0) is 4.79 Å². The molecule has 2 aromatic carbocycles. The van der Waals surface area contributed by atoms with Gasteiger partial charge in [0.1, 0.15) is 5.01 Å². The molecule has 0 fully saturated rings. The predicted molar refractivity (Wildman–Crippen MR) is 98.0 cm³/mol. The molecule has 25 heavy (non-hydrogen) atoms. The topological polar surface area (TPSA) is 70.8 Å². The minimum Gasteiger partial charge on any atom is -0.298 e. The smallest absolute Gasteiger partial charge is 0.163 e. The summed E-state index contributed by atoms with van der Waals surface area (Å²) in [6.07, 6.45) is 0.0686. The van der Waals surface area contributed by atoms with Gasteiger partial charge in [-0.15, -0.1) is 11.3 Å². The molecular formula is C19H13ClN2O2S. The largest absolute Gasteiger partial charge is 0.298 e. The zero-order chi connectivity index (χ0) is 17.8. The number of hydrogen-bond acceptors (Lipinski definition) is 5. The van der Waals surface area contributed by atoms with Crippen LogP contribution in [0.25, 0.3) is 10.2 Å². The second kappa shape index (κ2) is 7.56. The Morgan fingerprint density at radius 2 is 1.84 bits per heavy atom. The van der Waals surface area contributed by atoms with E-state index < -0.39 is 5.92 Å². The van der Waals surface area contributed by atoms with E-state index in [1.807, 2.05) is 30.3 Å². The van der Waals surface area contributed by atoms with E-state index in [9.17, 15) is 14.9 Å². The predicted octanol–water partition coefficient (Wildman–Crippen LogP) is 4.79. The van der Waals surface area contributed by atoms with Crippen molar-refractivity contribution in [2.24, 2.45) is 0 Å². The van der Waals surface area contributed by atoms with Gasteiger partial charge >= 0.3 is 0 Å². The third kappa shape index (κ3) is 3.93. The molecule has 1 heterocycles. The molecule has 1 atom stereocenters. The van der Waals surface area contributed by atoms with Gasteiger partial charge < -0.3 is 0 Å². The van der Waals surface area contributed by atoms with Crippen LogP contribution in [0, 0.1) is 11.3 Å². The fourth-order valence-corrected chi connectivity index (χ4v) is 3.60. The van der Waals surface area contributed by atoms with Crippen LogP contribution in [-0.4, -0.2) is 16.6 Å². The fraction of sp³-hybridized carbons (Fsp3) is 0.158. The maximum atomic E-state index is 12.4. The summed E-state index contributed by atoms with van der Waals surface area (Å²) < 4.78 is 0.933. The zero-order valence-corrected chi connectivity index (χ0v) is 14.7. The van der Waals surface area contributed by atoms with Crippen LogP contribution in [0.1, 0.15) is 34.1 Å². The number of rotatable bonds is 6. The molecule has 0 amide bonds. The number of carbonyl (C=O) groups excluding carboxylic acids is 2. The van der Waals surface area contributed by atoms with E-state index in [-0.39, 0.29) is 24.4 Å². The first kappa shape index (κ1) is 17.3. The van der Waals surface area contributed by atoms with Crippen molar-refractivity contribution in [1.82, 2.24) is 4.98 Å². The van der Waals surface area contributed by atoms with Crippen molar-refractivity contribution < 1.29 is 9.59 Å². The summed E-state index contributed by atoms with van der Waals surface area (Å²) in [5.74, 6) is -1.37. The standard InChI is InChI=1S/C19H13ClN2O2S/c20-13-7-5-12(6-8-13)16(23)9-10-17(24)14(11-21)19-22-15-3-1-2-4-18(15)25-19/h1-8,14H,9-10H2/t14-/m1/s1. The van der Waals surface area contributed by atoms with E-state index in [1.165, 1.54) is 11.3 Å². The van der Waals surface area contributed by atoms with Gasteiger partial charge in [-0.25, -0.2) is 4.98 Å². The number of nitriles is 1. The van der Waals surface area contributed by atoms with Crippen LogP contribution in [0.3, 0.4) is 0 Å². The van der Waals surface area contributed by atoms with Crippen molar-refractivity contribution in [3.63, 3.8) is 0 Å². The number of thiazole rings is 1. The average molecular weight is 369 g/mol. The molecule has 1 aromatic heterocycles. The maximum absolute atomic E-state index is 12.4. The summed E-state index contributed by atoms with van der Waals surface area (Å²) in [6.45, 7) is 0. The molecule has 0 radical (unpaired) electrons. The molecular weight excluding hydrogens is 356 g/mol. The molecule has 0 aliphatic heterocycles. The van der Waals surface area contributed by atoms with Crippen LogP contribution in [0.15, 0.2) is 48.5 Å². The number of fused-ring (bicyclic) bond motifs is 1. The molecule has 0 spiro atoms. The minimum absolute atomic E-state index is 0.00954. The highest BCUT2D eigenvalue weighted by Gasteiger charge is 2.24. The van der Waals surface area contributed by atoms with Gasteiger partial charge in [0, 0.05) is 23.4 Å². The summed E-state index contributed by atoms with van der Waals surface area (Å²) in [7, 11) is 0. The molecule has 0 N–H and O–H groups in total. The molecule has 0 aliphatic rings. The minimum atomic E-state index is -0.935. The number of ketones is 2. The summed E-state index contributed by atoms with van der Waals surface area (Å²) >= 11 is 7.13. The summed E-state index contributed by atoms with van der Waals surface area (Å²) in [5.41, 5.74) is 1.28. The van der Waals surface area contributed by atoms with Crippen molar-refractivity contribution >= 4 is 44.7 Å². The zero-order valence-electron chi connectivity index (χ0n) is 13.1. The monoisotopic (exact) mass is 368 g/mol. The van der Waals surface area contributed by atoms with Gasteiger partial charge in [-0.2, -0.15) is 5.26 Å². The van der Waals surface area contributed by atoms with Gasteiger partial charge in [0.05, 0.1) is 16.3 Å². The number of para-hydroxylation sites is 1. The van der Waals surface area contributed by atoms with E-state index >= 15 is 0 Å². The van der Waals surface area contributed by atoms with Crippen LogP contribution in [0.4, 0.5) is 0 Å². The fourth-order valence-electron chi connectivity index (χ4n) is 2.44. The lowest BCUT2D eigenvalue weighted by molar-refractivity contribution is -0.119. The quantitative estimate of drug-likeness (QED) is 0.586. The molecule has 3 aromatic rings. The number of Topliss-reactive ketones (excluding diaryl/α,β-unsaturated/α-hetero) is 2. The lowest BCUT2D eigenvalue weighted by Crippen LogP contribution is -2.12. The number of carbonyl (C=O) groups is 2. The second-order valence-electron chi connectivity index (χ2n) is 5.48. The Morgan fingerprint density at radius 3 is 2.52 bits per heavy atom. The number of aromatic nitrogens is 1. The summed E-state index contributed by atoms with van der Waals surface area (Å²) in [5, 5.41) is 10.4. The molecule has 0 aliphatic carbocycles. The van der Waals surface area contributed by atoms with Gasteiger partial charge in [-0.3, -0.25) is 9.59 Å². The Kier molecular flexibility index (Phi) is 5.22. The van der Waals surface area contributed by atoms with Crippen LogP contribution < -0.4 is 0 Å². The lowest BCUT2D eigenvalue weighted by Gasteiger charge is -2.05. The Hall–Kier alpha value is -2.55. The first-order valence-electron chi connectivity index (χ1n) is 7.65. The number of halogens is 1. The highest BCUT2D eigenvalue weighted by Crippen LogP contribution is 2.28. The van der Waals surface area contributed by atoms with Gasteiger partial charge in [0.25, 0.3) is 0 Å². The van der Waals surface area contributed by atoms with Gasteiger partial charge in [0.15, 0.2) is 17.5 Å². The molecule has 124 valence electrons. The normalized spacial score (nSPS) is 11.8. The number of nitrogens with zero attached hydrogens (tertiary/aromatic N) is 2. The maximum Gasteiger partial charge on any atom is 0.163 e. The Bertz CT molecular complexity index is 940. The van der Waals surface area contributed by atoms with Crippen LogP contribution in [0.5, 0.6) is 0 Å². The van der Waals surface area contributed by atoms with Crippen LogP contribution in [0.2, 0.25) is 5.02 Å². The van der Waals surface area contributed by atoms with E-state index in [1.54, 1.807) is 24.3 Å².